The van der Waals surface area contributed by atoms with Gasteiger partial charge in [-0.25, -0.2) is 9.89 Å². The lowest BCUT2D eigenvalue weighted by atomic mass is 10.0. The van der Waals surface area contributed by atoms with Crippen LogP contribution in [0.5, 0.6) is 0 Å². The van der Waals surface area contributed by atoms with Crippen molar-refractivity contribution < 1.29 is 14.7 Å². The molecule has 0 radical (unpaired) electrons. The number of aromatic nitrogens is 3. The first kappa shape index (κ1) is 27.7. The number of carbonyl (C=O) groups excluding carboxylic acids is 1. The van der Waals surface area contributed by atoms with Crippen molar-refractivity contribution in [1.82, 2.24) is 19.8 Å². The van der Waals surface area contributed by atoms with Gasteiger partial charge >= 0.3 is 5.97 Å². The summed E-state index contributed by atoms with van der Waals surface area (Å²) in [5.74, 6) is -1.01. The van der Waals surface area contributed by atoms with Crippen LogP contribution in [0.2, 0.25) is 5.02 Å². The minimum Gasteiger partial charge on any atom is -0.480 e. The molecule has 12 heteroatoms. The molecule has 0 spiro atoms. The van der Waals surface area contributed by atoms with Gasteiger partial charge in [-0.2, -0.15) is 14.9 Å². The minimum absolute atomic E-state index is 0.156. The lowest BCUT2D eigenvalue weighted by Gasteiger charge is -2.23. The molecule has 0 saturated carbocycles. The van der Waals surface area contributed by atoms with Crippen LogP contribution in [-0.2, 0) is 16.0 Å². The largest absolute Gasteiger partial charge is 0.480 e. The third-order valence-electron chi connectivity index (χ3n) is 5.98. The van der Waals surface area contributed by atoms with Crippen LogP contribution in [0.15, 0.2) is 88.9 Å². The number of rotatable bonds is 8. The third kappa shape index (κ3) is 6.13. The van der Waals surface area contributed by atoms with Crippen LogP contribution in [0.4, 0.5) is 0 Å². The summed E-state index contributed by atoms with van der Waals surface area (Å²) >= 11 is 17.9. The van der Waals surface area contributed by atoms with Gasteiger partial charge in [-0.15, -0.1) is 0 Å². The highest BCUT2D eigenvalue weighted by Crippen LogP contribution is 2.35. The second-order valence-electron chi connectivity index (χ2n) is 8.68. The molecular formula is C28H20ClN5O3S3. The van der Waals surface area contributed by atoms with E-state index in [9.17, 15) is 14.7 Å². The van der Waals surface area contributed by atoms with Crippen molar-refractivity contribution in [1.29, 1.82) is 0 Å². The Morgan fingerprint density at radius 1 is 1.07 bits per heavy atom. The van der Waals surface area contributed by atoms with Crippen LogP contribution in [0.3, 0.4) is 0 Å². The van der Waals surface area contributed by atoms with Crippen LogP contribution in [0.25, 0.3) is 17.5 Å². The molecule has 200 valence electrons. The number of nitrogens with one attached hydrogen (secondary N) is 1. The molecule has 1 saturated heterocycles. The van der Waals surface area contributed by atoms with E-state index in [-0.39, 0.29) is 10.7 Å². The molecule has 0 unspecified atom stereocenters. The third-order valence-corrected chi connectivity index (χ3v) is 7.81. The maximum atomic E-state index is 13.2. The maximum absolute atomic E-state index is 13.2. The van der Waals surface area contributed by atoms with Gasteiger partial charge in [0.2, 0.25) is 4.77 Å². The number of carboxylic acids is 1. The van der Waals surface area contributed by atoms with E-state index in [0.717, 1.165) is 34.0 Å². The van der Waals surface area contributed by atoms with Crippen molar-refractivity contribution in [2.75, 3.05) is 0 Å². The molecule has 8 nitrogen and oxygen atoms in total. The zero-order valence-electron chi connectivity index (χ0n) is 20.6. The second-order valence-corrected chi connectivity index (χ2v) is 11.2. The summed E-state index contributed by atoms with van der Waals surface area (Å²) in [6, 6.07) is 22.6. The average Bonchev–Trinajstić information content (AvgIpc) is 3.45. The Balaban J connectivity index is 1.33. The molecule has 5 rings (SSSR count). The van der Waals surface area contributed by atoms with Crippen LogP contribution in [-0.4, -0.2) is 53.3 Å². The van der Waals surface area contributed by atoms with Crippen LogP contribution in [0, 0.1) is 4.77 Å². The standard InChI is InChI=1S/C28H20ClN5O3S3/c29-21-8-4-7-20(15-21)24-31-32-27(38)34(24)30-16-19-11-9-18(10-12-19)14-23-25(35)33(28(39)40-23)22(26(36)37)13-17-5-2-1-3-6-17/h1-12,14-16,22H,13H2,(H,32,38)(H,36,37)/b23-14-,30-16+/t22-/m0/s1. The summed E-state index contributed by atoms with van der Waals surface area (Å²) < 4.78 is 2.06. The summed E-state index contributed by atoms with van der Waals surface area (Å²) in [5.41, 5.74) is 3.12. The Bertz CT molecular complexity index is 1710. The molecule has 1 fully saturated rings. The molecule has 1 aromatic heterocycles. The number of carboxylic acid groups (broad SMARTS) is 1. The van der Waals surface area contributed by atoms with E-state index in [1.165, 1.54) is 9.58 Å². The van der Waals surface area contributed by atoms with Crippen LogP contribution >= 0.6 is 47.8 Å². The zero-order valence-corrected chi connectivity index (χ0v) is 23.8. The molecule has 4 aromatic rings. The van der Waals surface area contributed by atoms with Crippen molar-refractivity contribution in [3.8, 4) is 11.4 Å². The van der Waals surface area contributed by atoms with Gasteiger partial charge in [0.15, 0.2) is 5.82 Å². The average molecular weight is 606 g/mol. The summed E-state index contributed by atoms with van der Waals surface area (Å²) in [6.45, 7) is 0. The number of H-pyrrole nitrogens is 1. The van der Waals surface area contributed by atoms with Gasteiger partial charge in [0, 0.05) is 17.0 Å². The highest BCUT2D eigenvalue weighted by molar-refractivity contribution is 8.26. The molecule has 40 heavy (non-hydrogen) atoms. The SMILES string of the molecule is O=C(O)[C@H](Cc1ccccc1)N1C(=O)/C(=C/c2ccc(/C=N/n3c(-c4cccc(Cl)c4)n[nH]c3=S)cc2)SC1=S. The normalized spacial score (nSPS) is 15.3. The Morgan fingerprint density at radius 2 is 1.80 bits per heavy atom. The zero-order chi connectivity index (χ0) is 28.2. The quantitative estimate of drug-likeness (QED) is 0.143. The molecule has 1 atom stereocenters. The number of halogens is 1. The van der Waals surface area contributed by atoms with Gasteiger partial charge in [0.25, 0.3) is 5.91 Å². The lowest BCUT2D eigenvalue weighted by molar-refractivity contribution is -0.145. The second kappa shape index (κ2) is 12.1. The van der Waals surface area contributed by atoms with Crippen molar-refractivity contribution in [2.24, 2.45) is 5.10 Å². The number of aromatic amines is 1. The number of benzene rings is 3. The van der Waals surface area contributed by atoms with Gasteiger partial charge in [0.05, 0.1) is 11.1 Å². The molecule has 1 aliphatic rings. The van der Waals surface area contributed by atoms with Gasteiger partial charge in [-0.1, -0.05) is 102 Å². The maximum Gasteiger partial charge on any atom is 0.327 e. The highest BCUT2D eigenvalue weighted by Gasteiger charge is 2.40. The van der Waals surface area contributed by atoms with E-state index in [1.54, 1.807) is 24.4 Å². The Hall–Kier alpha value is -3.90. The van der Waals surface area contributed by atoms with Crippen LogP contribution in [0.1, 0.15) is 16.7 Å². The van der Waals surface area contributed by atoms with E-state index in [4.69, 9.17) is 36.0 Å². The Labute approximate surface area is 249 Å². The van der Waals surface area contributed by atoms with Crippen molar-refractivity contribution >= 4 is 76.3 Å². The first-order chi connectivity index (χ1) is 19.3. The number of hydrogen-bond donors (Lipinski definition) is 2. The molecule has 2 heterocycles. The fourth-order valence-corrected chi connectivity index (χ4v) is 5.77. The summed E-state index contributed by atoms with van der Waals surface area (Å²) in [6.07, 6.45) is 3.50. The first-order valence-electron chi connectivity index (χ1n) is 11.9. The number of amides is 1. The molecule has 1 amide bonds. The molecule has 2 N–H and O–H groups in total. The summed E-state index contributed by atoms with van der Waals surface area (Å²) in [4.78, 5) is 26.8. The van der Waals surface area contributed by atoms with Crippen LogP contribution < -0.4 is 0 Å². The molecule has 3 aromatic carbocycles. The van der Waals surface area contributed by atoms with E-state index < -0.39 is 17.9 Å². The van der Waals surface area contributed by atoms with Crippen molar-refractivity contribution in [3.05, 3.63) is 110 Å². The monoisotopic (exact) mass is 605 g/mol. The minimum atomic E-state index is -1.11. The number of hydrogen-bond acceptors (Lipinski definition) is 7. The van der Waals surface area contributed by atoms with Crippen molar-refractivity contribution in [3.63, 3.8) is 0 Å². The number of nitrogens with zero attached hydrogens (tertiary/aromatic N) is 4. The smallest absolute Gasteiger partial charge is 0.327 e. The van der Waals surface area contributed by atoms with Gasteiger partial charge < -0.3 is 5.11 Å². The molecule has 0 aliphatic carbocycles. The molecule has 1 aliphatic heterocycles. The van der Waals surface area contributed by atoms with E-state index in [2.05, 4.69) is 15.3 Å². The predicted octanol–water partition coefficient (Wildman–Crippen LogP) is 6.04. The topological polar surface area (TPSA) is 104 Å². The lowest BCUT2D eigenvalue weighted by Crippen LogP contribution is -2.45. The van der Waals surface area contributed by atoms with E-state index >= 15 is 0 Å². The number of thiocarbonyl (C=S) groups is 1. The fourth-order valence-electron chi connectivity index (χ4n) is 4.04. The number of carbonyl (C=O) groups is 2. The summed E-state index contributed by atoms with van der Waals surface area (Å²) in [7, 11) is 0. The Kier molecular flexibility index (Phi) is 8.36. The van der Waals surface area contributed by atoms with Gasteiger partial charge in [0.1, 0.15) is 10.4 Å². The van der Waals surface area contributed by atoms with Gasteiger partial charge in [-0.05, 0) is 47.1 Å². The summed E-state index contributed by atoms with van der Waals surface area (Å²) in [5, 5.41) is 21.9. The number of aliphatic carboxylic acids is 1. The number of thioether (sulfide) groups is 1. The van der Waals surface area contributed by atoms with Gasteiger partial charge in [-0.3, -0.25) is 9.69 Å². The molecule has 0 bridgehead atoms. The highest BCUT2D eigenvalue weighted by atomic mass is 35.5. The Morgan fingerprint density at radius 3 is 2.50 bits per heavy atom. The van der Waals surface area contributed by atoms with Crippen molar-refractivity contribution in [2.45, 2.75) is 12.5 Å². The molecular weight excluding hydrogens is 586 g/mol. The van der Waals surface area contributed by atoms with E-state index in [1.807, 2.05) is 66.7 Å². The predicted molar refractivity (Wildman–Crippen MR) is 164 cm³/mol. The first-order valence-corrected chi connectivity index (χ1v) is 13.9. The van der Waals surface area contributed by atoms with E-state index in [0.29, 0.717) is 20.5 Å². The fraction of sp³-hybridized carbons (Fsp3) is 0.0714.